The maximum Gasteiger partial charge on any atom is 0.00920 e. The van der Waals surface area contributed by atoms with E-state index in [9.17, 15) is 0 Å². The molecule has 3 unspecified atom stereocenters. The number of nitrogens with zero attached hydrogens (tertiary/aromatic N) is 1. The van der Waals surface area contributed by atoms with Gasteiger partial charge in [-0.05, 0) is 64.5 Å². The fourth-order valence-corrected chi connectivity index (χ4v) is 3.26. The van der Waals surface area contributed by atoms with Gasteiger partial charge in [-0.3, -0.25) is 0 Å². The summed E-state index contributed by atoms with van der Waals surface area (Å²) in [5, 5.41) is 0. The highest BCUT2D eigenvalue weighted by Crippen LogP contribution is 2.42. The topological polar surface area (TPSA) is 3.24 Å². The van der Waals surface area contributed by atoms with Crippen molar-refractivity contribution < 1.29 is 0 Å². The Bertz CT molecular complexity index is 219. The Balaban J connectivity index is 1.94. The zero-order chi connectivity index (χ0) is 10.1. The molecule has 0 spiro atoms. The minimum Gasteiger partial charge on any atom is -0.306 e. The molecule has 1 heteroatoms. The van der Waals surface area contributed by atoms with E-state index in [1.165, 1.54) is 44.1 Å². The first-order chi connectivity index (χ1) is 6.66. The van der Waals surface area contributed by atoms with Crippen LogP contribution in [0.1, 0.15) is 38.5 Å². The first-order valence-electron chi connectivity index (χ1n) is 6.00. The molecular weight excluding hydrogens is 170 g/mol. The average Bonchev–Trinajstić information content (AvgIpc) is 2.16. The number of hydrogen-bond acceptors (Lipinski definition) is 1. The average molecular weight is 193 g/mol. The molecule has 80 valence electrons. The lowest BCUT2D eigenvalue weighted by Gasteiger charge is -2.42. The van der Waals surface area contributed by atoms with E-state index in [2.05, 4.69) is 25.6 Å². The molecule has 0 aromatic rings. The van der Waals surface area contributed by atoms with E-state index < -0.39 is 0 Å². The van der Waals surface area contributed by atoms with Crippen LogP contribution in [-0.2, 0) is 0 Å². The van der Waals surface area contributed by atoms with Gasteiger partial charge in [0, 0.05) is 6.04 Å². The molecule has 14 heavy (non-hydrogen) atoms. The van der Waals surface area contributed by atoms with Gasteiger partial charge in [-0.15, -0.1) is 0 Å². The van der Waals surface area contributed by atoms with Gasteiger partial charge in [-0.2, -0.15) is 0 Å². The molecule has 0 aromatic heterocycles. The summed E-state index contributed by atoms with van der Waals surface area (Å²) < 4.78 is 0. The van der Waals surface area contributed by atoms with Crippen molar-refractivity contribution in [2.24, 2.45) is 11.8 Å². The van der Waals surface area contributed by atoms with Crippen LogP contribution in [0.2, 0.25) is 0 Å². The summed E-state index contributed by atoms with van der Waals surface area (Å²) in [7, 11) is 4.46. The third-order valence-electron chi connectivity index (χ3n) is 4.26. The lowest BCUT2D eigenvalue weighted by Crippen LogP contribution is -2.38. The Morgan fingerprint density at radius 1 is 1.14 bits per heavy atom. The summed E-state index contributed by atoms with van der Waals surface area (Å²) in [5.41, 5.74) is 1.51. The molecule has 1 nitrogen and oxygen atoms in total. The molecule has 0 saturated heterocycles. The molecular formula is C13H23N. The lowest BCUT2D eigenvalue weighted by atomic mass is 9.68. The summed E-state index contributed by atoms with van der Waals surface area (Å²) in [6.07, 6.45) is 8.30. The van der Waals surface area contributed by atoms with Gasteiger partial charge in [0.2, 0.25) is 0 Å². The Hall–Kier alpha value is -0.300. The monoisotopic (exact) mass is 193 g/mol. The highest BCUT2D eigenvalue weighted by Gasteiger charge is 2.33. The molecule has 0 heterocycles. The molecule has 0 bridgehead atoms. The molecule has 2 rings (SSSR count). The van der Waals surface area contributed by atoms with Crippen molar-refractivity contribution >= 4 is 0 Å². The van der Waals surface area contributed by atoms with Crippen LogP contribution in [0.3, 0.4) is 0 Å². The molecule has 0 radical (unpaired) electrons. The van der Waals surface area contributed by atoms with E-state index in [0.29, 0.717) is 0 Å². The van der Waals surface area contributed by atoms with Gasteiger partial charge in [0.15, 0.2) is 0 Å². The largest absolute Gasteiger partial charge is 0.306 e. The summed E-state index contributed by atoms with van der Waals surface area (Å²) in [4.78, 5) is 2.42. The first kappa shape index (κ1) is 10.2. The second-order valence-corrected chi connectivity index (χ2v) is 5.44. The molecule has 3 atom stereocenters. The molecule has 2 fully saturated rings. The van der Waals surface area contributed by atoms with Gasteiger partial charge in [-0.1, -0.05) is 12.2 Å². The Kier molecular flexibility index (Phi) is 2.96. The second-order valence-electron chi connectivity index (χ2n) is 5.44. The zero-order valence-electron chi connectivity index (χ0n) is 9.63. The van der Waals surface area contributed by atoms with Crippen molar-refractivity contribution in [1.29, 1.82) is 0 Å². The van der Waals surface area contributed by atoms with Crippen molar-refractivity contribution in [1.82, 2.24) is 4.90 Å². The summed E-state index contributed by atoms with van der Waals surface area (Å²) >= 11 is 0. The maximum atomic E-state index is 4.15. The molecule has 2 aliphatic rings. The van der Waals surface area contributed by atoms with E-state index in [0.717, 1.165) is 17.9 Å². The van der Waals surface area contributed by atoms with Crippen LogP contribution in [0.5, 0.6) is 0 Å². The van der Waals surface area contributed by atoms with Crippen LogP contribution in [0.15, 0.2) is 12.2 Å². The summed E-state index contributed by atoms with van der Waals surface area (Å²) in [5.74, 6) is 1.98. The minimum atomic E-state index is 0.850. The van der Waals surface area contributed by atoms with Gasteiger partial charge in [0.25, 0.3) is 0 Å². The fraction of sp³-hybridized carbons (Fsp3) is 0.846. The van der Waals surface area contributed by atoms with Crippen molar-refractivity contribution in [3.63, 3.8) is 0 Å². The Labute approximate surface area is 88.2 Å². The fourth-order valence-electron chi connectivity index (χ4n) is 3.26. The second kappa shape index (κ2) is 4.06. The predicted molar refractivity (Wildman–Crippen MR) is 61.3 cm³/mol. The minimum absolute atomic E-state index is 0.850. The Morgan fingerprint density at radius 2 is 1.93 bits per heavy atom. The molecule has 0 N–H and O–H groups in total. The van der Waals surface area contributed by atoms with Crippen LogP contribution >= 0.6 is 0 Å². The van der Waals surface area contributed by atoms with Crippen LogP contribution < -0.4 is 0 Å². The quantitative estimate of drug-likeness (QED) is 0.578. The standard InChI is InChI=1S/C13H23N/c1-10-4-5-12-9-13(14(2)3)7-6-11(12)8-10/h11-13H,1,4-9H2,2-3H3. The van der Waals surface area contributed by atoms with Crippen molar-refractivity contribution in [3.05, 3.63) is 12.2 Å². The van der Waals surface area contributed by atoms with E-state index in [4.69, 9.17) is 0 Å². The third kappa shape index (κ3) is 2.03. The summed E-state index contributed by atoms with van der Waals surface area (Å²) in [6, 6.07) is 0.850. The maximum absolute atomic E-state index is 4.15. The smallest absolute Gasteiger partial charge is 0.00920 e. The normalized spacial score (nSPS) is 38.5. The van der Waals surface area contributed by atoms with E-state index in [-0.39, 0.29) is 0 Å². The highest BCUT2D eigenvalue weighted by atomic mass is 15.1. The predicted octanol–water partition coefficient (Wildman–Crippen LogP) is 3.07. The van der Waals surface area contributed by atoms with Crippen molar-refractivity contribution in [2.45, 2.75) is 44.6 Å². The van der Waals surface area contributed by atoms with Gasteiger partial charge < -0.3 is 4.90 Å². The molecule has 0 amide bonds. The van der Waals surface area contributed by atoms with Crippen LogP contribution in [0.4, 0.5) is 0 Å². The highest BCUT2D eigenvalue weighted by molar-refractivity contribution is 5.03. The van der Waals surface area contributed by atoms with Crippen LogP contribution in [0.25, 0.3) is 0 Å². The third-order valence-corrected chi connectivity index (χ3v) is 4.26. The Morgan fingerprint density at radius 3 is 2.64 bits per heavy atom. The molecule has 2 aliphatic carbocycles. The van der Waals surface area contributed by atoms with Crippen molar-refractivity contribution in [2.75, 3.05) is 14.1 Å². The lowest BCUT2D eigenvalue weighted by molar-refractivity contribution is 0.116. The van der Waals surface area contributed by atoms with Crippen LogP contribution in [0, 0.1) is 11.8 Å². The number of hydrogen-bond donors (Lipinski definition) is 0. The summed E-state index contributed by atoms with van der Waals surface area (Å²) in [6.45, 7) is 4.15. The molecule has 0 aliphatic heterocycles. The molecule has 0 aromatic carbocycles. The molecule has 2 saturated carbocycles. The van der Waals surface area contributed by atoms with Gasteiger partial charge in [-0.25, -0.2) is 0 Å². The van der Waals surface area contributed by atoms with Gasteiger partial charge in [0.05, 0.1) is 0 Å². The van der Waals surface area contributed by atoms with E-state index >= 15 is 0 Å². The van der Waals surface area contributed by atoms with Crippen molar-refractivity contribution in [3.8, 4) is 0 Å². The van der Waals surface area contributed by atoms with Gasteiger partial charge in [0.1, 0.15) is 0 Å². The van der Waals surface area contributed by atoms with E-state index in [1.807, 2.05) is 0 Å². The van der Waals surface area contributed by atoms with E-state index in [1.54, 1.807) is 0 Å². The van der Waals surface area contributed by atoms with Crippen LogP contribution in [-0.4, -0.2) is 25.0 Å². The van der Waals surface area contributed by atoms with Gasteiger partial charge >= 0.3 is 0 Å². The SMILES string of the molecule is C=C1CCC2CC(N(C)C)CCC2C1. The number of fused-ring (bicyclic) bond motifs is 1. The first-order valence-corrected chi connectivity index (χ1v) is 6.00. The number of rotatable bonds is 1. The zero-order valence-corrected chi connectivity index (χ0v) is 9.63. The number of allylic oxidation sites excluding steroid dienone is 1.